The third-order valence-electron chi connectivity index (χ3n) is 4.39. The van der Waals surface area contributed by atoms with E-state index in [9.17, 15) is 0 Å². The number of anilines is 1. The summed E-state index contributed by atoms with van der Waals surface area (Å²) in [6.07, 6.45) is 2.55. The molecule has 1 aliphatic heterocycles. The Labute approximate surface area is 166 Å². The Kier molecular flexibility index (Phi) is 5.71. The van der Waals surface area contributed by atoms with E-state index in [1.54, 1.807) is 6.08 Å². The maximum absolute atomic E-state index is 6.13. The second-order valence-corrected chi connectivity index (χ2v) is 7.79. The summed E-state index contributed by atoms with van der Waals surface area (Å²) in [6.45, 7) is 10.4. The van der Waals surface area contributed by atoms with Crippen molar-refractivity contribution in [2.24, 2.45) is 0 Å². The number of ether oxygens (including phenoxy) is 2. The van der Waals surface area contributed by atoms with E-state index in [2.05, 4.69) is 50.1 Å². The average molecular weight is 383 g/mol. The molecule has 2 aromatic rings. The lowest BCUT2D eigenvalue weighted by Crippen LogP contribution is -2.42. The van der Waals surface area contributed by atoms with Crippen molar-refractivity contribution in [3.63, 3.8) is 0 Å². The molecule has 0 aliphatic carbocycles. The molecular formula is C22H26N2O2S. The molecule has 1 heterocycles. The summed E-state index contributed by atoms with van der Waals surface area (Å²) in [5.74, 6) is 1.69. The maximum atomic E-state index is 6.13. The van der Waals surface area contributed by atoms with Gasteiger partial charge in [-0.2, -0.15) is 0 Å². The van der Waals surface area contributed by atoms with Gasteiger partial charge in [0.25, 0.3) is 0 Å². The molecule has 1 aliphatic rings. The molecule has 0 bridgehead atoms. The van der Waals surface area contributed by atoms with E-state index in [0.717, 1.165) is 29.2 Å². The molecule has 2 aromatic carbocycles. The molecule has 27 heavy (non-hydrogen) atoms. The van der Waals surface area contributed by atoms with E-state index < -0.39 is 0 Å². The van der Waals surface area contributed by atoms with Gasteiger partial charge in [0, 0.05) is 23.7 Å². The predicted molar refractivity (Wildman–Crippen MR) is 115 cm³/mol. The lowest BCUT2D eigenvalue weighted by Gasteiger charge is -2.38. The van der Waals surface area contributed by atoms with Crippen LogP contribution in [0.2, 0.25) is 0 Å². The van der Waals surface area contributed by atoms with Crippen molar-refractivity contribution in [1.29, 1.82) is 0 Å². The minimum Gasteiger partial charge on any atom is -0.489 e. The Morgan fingerprint density at radius 3 is 2.93 bits per heavy atom. The molecule has 0 amide bonds. The number of benzene rings is 2. The zero-order chi connectivity index (χ0) is 19.4. The van der Waals surface area contributed by atoms with Gasteiger partial charge in [0.2, 0.25) is 0 Å². The van der Waals surface area contributed by atoms with Crippen molar-refractivity contribution in [1.82, 2.24) is 5.32 Å². The maximum Gasteiger partial charge on any atom is 0.171 e. The first-order valence-corrected chi connectivity index (χ1v) is 9.48. The number of hydrogen-bond donors (Lipinski definition) is 2. The zero-order valence-electron chi connectivity index (χ0n) is 16.0. The van der Waals surface area contributed by atoms with Crippen LogP contribution in [-0.4, -0.2) is 17.3 Å². The summed E-state index contributed by atoms with van der Waals surface area (Å²) in [7, 11) is 0. The Morgan fingerprint density at radius 1 is 1.33 bits per heavy atom. The van der Waals surface area contributed by atoms with Crippen LogP contribution in [0, 0.1) is 6.92 Å². The van der Waals surface area contributed by atoms with Gasteiger partial charge < -0.3 is 20.1 Å². The molecule has 0 radical (unpaired) electrons. The van der Waals surface area contributed by atoms with Gasteiger partial charge in [0.15, 0.2) is 5.11 Å². The van der Waals surface area contributed by atoms with Crippen molar-refractivity contribution >= 4 is 23.0 Å². The number of fused-ring (bicyclic) bond motifs is 1. The molecule has 0 unspecified atom stereocenters. The van der Waals surface area contributed by atoms with Crippen LogP contribution < -0.4 is 20.1 Å². The Bertz CT molecular complexity index is 848. The zero-order valence-corrected chi connectivity index (χ0v) is 16.9. The van der Waals surface area contributed by atoms with Crippen LogP contribution >= 0.6 is 12.2 Å². The molecule has 0 saturated carbocycles. The van der Waals surface area contributed by atoms with Crippen LogP contribution in [-0.2, 0) is 0 Å². The lowest BCUT2D eigenvalue weighted by molar-refractivity contribution is 0.0696. The number of rotatable bonds is 5. The molecular weight excluding hydrogens is 356 g/mol. The molecule has 2 N–H and O–H groups in total. The van der Waals surface area contributed by atoms with Crippen LogP contribution in [0.1, 0.15) is 37.4 Å². The second-order valence-electron chi connectivity index (χ2n) is 7.39. The first-order chi connectivity index (χ1) is 12.9. The summed E-state index contributed by atoms with van der Waals surface area (Å²) in [6, 6.07) is 14.1. The van der Waals surface area contributed by atoms with Crippen LogP contribution in [0.4, 0.5) is 5.69 Å². The summed E-state index contributed by atoms with van der Waals surface area (Å²) in [5.41, 5.74) is 2.97. The topological polar surface area (TPSA) is 42.5 Å². The quantitative estimate of drug-likeness (QED) is 0.553. The van der Waals surface area contributed by atoms with E-state index in [-0.39, 0.29) is 11.6 Å². The number of aryl methyl sites for hydroxylation is 1. The SMILES string of the molecule is C=CCOc1cccc(NC(=S)N[C@@H]2CC(C)(C)Oc3ccc(C)cc32)c1. The summed E-state index contributed by atoms with van der Waals surface area (Å²) < 4.78 is 11.7. The molecule has 142 valence electrons. The molecule has 0 aromatic heterocycles. The van der Waals surface area contributed by atoms with Crippen molar-refractivity contribution < 1.29 is 9.47 Å². The summed E-state index contributed by atoms with van der Waals surface area (Å²) >= 11 is 5.56. The van der Waals surface area contributed by atoms with Crippen LogP contribution in [0.15, 0.2) is 55.1 Å². The summed E-state index contributed by atoms with van der Waals surface area (Å²) in [4.78, 5) is 0. The first-order valence-electron chi connectivity index (χ1n) is 9.07. The van der Waals surface area contributed by atoms with Crippen LogP contribution in [0.25, 0.3) is 0 Å². The fourth-order valence-corrected chi connectivity index (χ4v) is 3.51. The Morgan fingerprint density at radius 2 is 2.15 bits per heavy atom. The van der Waals surface area contributed by atoms with Crippen molar-refractivity contribution in [2.75, 3.05) is 11.9 Å². The molecule has 0 spiro atoms. The highest BCUT2D eigenvalue weighted by Gasteiger charge is 2.34. The van der Waals surface area contributed by atoms with E-state index in [1.807, 2.05) is 30.3 Å². The molecule has 1 atom stereocenters. The van der Waals surface area contributed by atoms with Gasteiger partial charge in [-0.1, -0.05) is 36.4 Å². The van der Waals surface area contributed by atoms with Gasteiger partial charge in [-0.05, 0) is 51.2 Å². The third kappa shape index (κ3) is 5.01. The first kappa shape index (κ1) is 19.2. The van der Waals surface area contributed by atoms with Gasteiger partial charge in [-0.15, -0.1) is 0 Å². The third-order valence-corrected chi connectivity index (χ3v) is 4.61. The highest BCUT2D eigenvalue weighted by atomic mass is 32.1. The number of thiocarbonyl (C=S) groups is 1. The largest absolute Gasteiger partial charge is 0.489 e. The van der Waals surface area contributed by atoms with Crippen molar-refractivity contribution in [3.8, 4) is 11.5 Å². The van der Waals surface area contributed by atoms with E-state index in [1.165, 1.54) is 5.56 Å². The monoisotopic (exact) mass is 382 g/mol. The van der Waals surface area contributed by atoms with Gasteiger partial charge in [0.1, 0.15) is 23.7 Å². The van der Waals surface area contributed by atoms with Gasteiger partial charge in [-0.25, -0.2) is 0 Å². The Hall–Kier alpha value is -2.53. The summed E-state index contributed by atoms with van der Waals surface area (Å²) in [5, 5.41) is 7.28. The minimum atomic E-state index is -0.256. The second kappa shape index (κ2) is 8.01. The molecule has 5 heteroatoms. The number of nitrogens with one attached hydrogen (secondary N) is 2. The molecule has 0 saturated heterocycles. The van der Waals surface area contributed by atoms with Crippen molar-refractivity contribution in [2.45, 2.75) is 38.8 Å². The van der Waals surface area contributed by atoms with E-state index >= 15 is 0 Å². The molecule has 0 fully saturated rings. The molecule has 4 nitrogen and oxygen atoms in total. The van der Waals surface area contributed by atoms with Crippen LogP contribution in [0.5, 0.6) is 11.5 Å². The Balaban J connectivity index is 1.72. The van der Waals surface area contributed by atoms with Crippen LogP contribution in [0.3, 0.4) is 0 Å². The van der Waals surface area contributed by atoms with Gasteiger partial charge in [0.05, 0.1) is 6.04 Å². The number of hydrogen-bond acceptors (Lipinski definition) is 3. The average Bonchev–Trinajstić information content (AvgIpc) is 2.60. The smallest absolute Gasteiger partial charge is 0.171 e. The van der Waals surface area contributed by atoms with Gasteiger partial charge in [-0.3, -0.25) is 0 Å². The van der Waals surface area contributed by atoms with Gasteiger partial charge >= 0.3 is 0 Å². The molecule has 3 rings (SSSR count). The highest BCUT2D eigenvalue weighted by Crippen LogP contribution is 2.39. The lowest BCUT2D eigenvalue weighted by atomic mass is 9.89. The van der Waals surface area contributed by atoms with Crippen molar-refractivity contribution in [3.05, 3.63) is 66.2 Å². The fraction of sp³-hybridized carbons (Fsp3) is 0.318. The fourth-order valence-electron chi connectivity index (χ4n) is 3.25. The van der Waals surface area contributed by atoms with E-state index in [4.69, 9.17) is 21.7 Å². The normalized spacial score (nSPS) is 17.2. The highest BCUT2D eigenvalue weighted by molar-refractivity contribution is 7.80. The minimum absolute atomic E-state index is 0.0869. The standard InChI is InChI=1S/C22H26N2O2S/c1-5-11-25-17-8-6-7-16(13-17)23-21(27)24-19-14-22(3,4)26-20-10-9-15(2)12-18(19)20/h5-10,12-13,19H,1,11,14H2,2-4H3,(H2,23,24,27)/t19-/m1/s1. The van der Waals surface area contributed by atoms with E-state index in [0.29, 0.717) is 11.7 Å². The predicted octanol–water partition coefficient (Wildman–Crippen LogP) is 5.15.